The third-order valence-corrected chi connectivity index (χ3v) is 3.88. The van der Waals surface area contributed by atoms with Gasteiger partial charge in [-0.2, -0.15) is 8.78 Å². The fourth-order valence-electron chi connectivity index (χ4n) is 1.93. The molecule has 1 aromatic heterocycles. The van der Waals surface area contributed by atoms with Crippen molar-refractivity contribution in [3.05, 3.63) is 45.9 Å². The lowest BCUT2D eigenvalue weighted by Gasteiger charge is -2.10. The minimum atomic E-state index is -2.96. The molecule has 1 amide bonds. The van der Waals surface area contributed by atoms with Crippen LogP contribution in [0.4, 0.5) is 8.78 Å². The number of benzene rings is 1. The number of hydrogen-bond acceptors (Lipinski definition) is 5. The highest BCUT2D eigenvalue weighted by atomic mass is 32.1. The summed E-state index contributed by atoms with van der Waals surface area (Å²) in [7, 11) is 0. The summed E-state index contributed by atoms with van der Waals surface area (Å²) in [6.07, 6.45) is 0.292. The number of rotatable bonds is 8. The first-order valence-corrected chi connectivity index (χ1v) is 7.81. The number of carboxylic acids is 1. The molecule has 2 aromatic rings. The zero-order valence-corrected chi connectivity index (χ0v) is 13.2. The number of halogens is 2. The van der Waals surface area contributed by atoms with Crippen LogP contribution in [0.25, 0.3) is 0 Å². The molecule has 0 unspecified atom stereocenters. The van der Waals surface area contributed by atoms with E-state index in [1.165, 1.54) is 28.8 Å². The first kappa shape index (κ1) is 17.8. The van der Waals surface area contributed by atoms with Gasteiger partial charge < -0.3 is 15.2 Å². The Morgan fingerprint density at radius 1 is 1.33 bits per heavy atom. The molecule has 6 nitrogen and oxygen atoms in total. The van der Waals surface area contributed by atoms with Crippen molar-refractivity contribution in [1.82, 2.24) is 10.3 Å². The Morgan fingerprint density at radius 2 is 2.08 bits per heavy atom. The number of alkyl halides is 2. The number of thiazole rings is 1. The summed E-state index contributed by atoms with van der Waals surface area (Å²) in [6, 6.07) is 6.08. The molecule has 0 fully saturated rings. The van der Waals surface area contributed by atoms with Gasteiger partial charge in [0.05, 0.1) is 11.4 Å². The van der Waals surface area contributed by atoms with Crippen LogP contribution in [0, 0.1) is 0 Å². The Labute approximate surface area is 140 Å². The predicted octanol–water partition coefficient (Wildman–Crippen LogP) is 2.34. The Balaban J connectivity index is 1.84. The molecule has 0 aliphatic rings. The number of aromatic carboxylic acids is 1. The standard InChI is InChI=1S/C15H14F2N2O4S/c16-15(17)23-11-4-2-1-3-9(11)7-12(20)18-6-5-13-19-10(8-24-13)14(21)22/h1-4,8,15H,5-7H2,(H,18,20)(H,21,22). The van der Waals surface area contributed by atoms with Crippen LogP contribution in [0.5, 0.6) is 5.75 Å². The number of carbonyl (C=O) groups is 2. The highest BCUT2D eigenvalue weighted by Crippen LogP contribution is 2.20. The summed E-state index contributed by atoms with van der Waals surface area (Å²) >= 11 is 1.20. The van der Waals surface area contributed by atoms with Crippen LogP contribution in [-0.2, 0) is 17.6 Å². The highest BCUT2D eigenvalue weighted by molar-refractivity contribution is 7.09. The molecule has 24 heavy (non-hydrogen) atoms. The average molecular weight is 356 g/mol. The van der Waals surface area contributed by atoms with Gasteiger partial charge in [-0.1, -0.05) is 18.2 Å². The van der Waals surface area contributed by atoms with Gasteiger partial charge in [0.15, 0.2) is 5.69 Å². The van der Waals surface area contributed by atoms with Crippen LogP contribution >= 0.6 is 11.3 Å². The second-order valence-corrected chi connectivity index (χ2v) is 5.64. The quantitative estimate of drug-likeness (QED) is 0.758. The Kier molecular flexibility index (Phi) is 6.19. The van der Waals surface area contributed by atoms with Crippen molar-refractivity contribution in [2.45, 2.75) is 19.5 Å². The van der Waals surface area contributed by atoms with Gasteiger partial charge >= 0.3 is 12.6 Å². The van der Waals surface area contributed by atoms with Crippen LogP contribution in [0.2, 0.25) is 0 Å². The van der Waals surface area contributed by atoms with E-state index in [2.05, 4.69) is 15.0 Å². The van der Waals surface area contributed by atoms with Gasteiger partial charge in [-0.25, -0.2) is 9.78 Å². The normalized spacial score (nSPS) is 10.6. The van der Waals surface area contributed by atoms with E-state index in [-0.39, 0.29) is 30.3 Å². The molecule has 1 aromatic carbocycles. The second-order valence-electron chi connectivity index (χ2n) is 4.69. The summed E-state index contributed by atoms with van der Waals surface area (Å²) in [5.41, 5.74) is 0.331. The molecule has 9 heteroatoms. The highest BCUT2D eigenvalue weighted by Gasteiger charge is 2.13. The topological polar surface area (TPSA) is 88.5 Å². The minimum Gasteiger partial charge on any atom is -0.476 e. The van der Waals surface area contributed by atoms with Crippen molar-refractivity contribution in [2.75, 3.05) is 6.54 Å². The van der Waals surface area contributed by atoms with E-state index < -0.39 is 12.6 Å². The fraction of sp³-hybridized carbons (Fsp3) is 0.267. The van der Waals surface area contributed by atoms with Crippen LogP contribution in [0.15, 0.2) is 29.6 Å². The molecule has 0 bridgehead atoms. The van der Waals surface area contributed by atoms with Gasteiger partial charge in [0, 0.05) is 23.9 Å². The van der Waals surface area contributed by atoms with Crippen LogP contribution in [0.1, 0.15) is 21.1 Å². The number of hydrogen-bond donors (Lipinski definition) is 2. The summed E-state index contributed by atoms with van der Waals surface area (Å²) in [5, 5.41) is 13.4. The fourth-order valence-corrected chi connectivity index (χ4v) is 2.70. The molecule has 0 spiro atoms. The lowest BCUT2D eigenvalue weighted by molar-refractivity contribution is -0.120. The van der Waals surface area contributed by atoms with E-state index in [0.717, 1.165) is 0 Å². The number of carbonyl (C=O) groups excluding carboxylic acids is 1. The van der Waals surface area contributed by atoms with E-state index in [1.54, 1.807) is 12.1 Å². The van der Waals surface area contributed by atoms with Crippen molar-refractivity contribution in [1.29, 1.82) is 0 Å². The van der Waals surface area contributed by atoms with E-state index >= 15 is 0 Å². The van der Waals surface area contributed by atoms with Crippen molar-refractivity contribution < 1.29 is 28.2 Å². The first-order chi connectivity index (χ1) is 11.5. The molecular formula is C15H14F2N2O4S. The molecule has 2 N–H and O–H groups in total. The van der Waals surface area contributed by atoms with Gasteiger partial charge in [-0.15, -0.1) is 11.3 Å². The van der Waals surface area contributed by atoms with Gasteiger partial charge in [-0.05, 0) is 6.07 Å². The minimum absolute atomic E-state index is 0.0283. The summed E-state index contributed by atoms with van der Waals surface area (Å²) in [4.78, 5) is 26.5. The van der Waals surface area contributed by atoms with E-state index in [4.69, 9.17) is 5.11 Å². The van der Waals surface area contributed by atoms with E-state index in [1.807, 2.05) is 0 Å². The number of para-hydroxylation sites is 1. The smallest absolute Gasteiger partial charge is 0.387 e. The van der Waals surface area contributed by atoms with Crippen molar-refractivity contribution in [2.24, 2.45) is 0 Å². The molecular weight excluding hydrogens is 342 g/mol. The Bertz CT molecular complexity index is 721. The molecule has 0 radical (unpaired) electrons. The molecule has 0 saturated carbocycles. The first-order valence-electron chi connectivity index (χ1n) is 6.93. The Morgan fingerprint density at radius 3 is 2.75 bits per heavy atom. The average Bonchev–Trinajstić information content (AvgIpc) is 2.98. The van der Waals surface area contributed by atoms with Crippen LogP contribution < -0.4 is 10.1 Å². The van der Waals surface area contributed by atoms with Gasteiger partial charge in [0.25, 0.3) is 0 Å². The van der Waals surface area contributed by atoms with Crippen LogP contribution in [0.3, 0.4) is 0 Å². The molecule has 1 heterocycles. The number of amides is 1. The van der Waals surface area contributed by atoms with Crippen molar-refractivity contribution in [3.8, 4) is 5.75 Å². The number of carboxylic acid groups (broad SMARTS) is 1. The molecule has 2 rings (SSSR count). The summed E-state index contributed by atoms with van der Waals surface area (Å²) < 4.78 is 29.0. The SMILES string of the molecule is O=C(Cc1ccccc1OC(F)F)NCCc1nc(C(=O)O)cs1. The second kappa shape index (κ2) is 8.34. The lowest BCUT2D eigenvalue weighted by atomic mass is 10.1. The molecule has 0 saturated heterocycles. The van der Waals surface area contributed by atoms with Crippen molar-refractivity contribution >= 4 is 23.2 Å². The molecule has 128 valence electrons. The lowest BCUT2D eigenvalue weighted by Crippen LogP contribution is -2.27. The summed E-state index contributed by atoms with van der Waals surface area (Å²) in [6.45, 7) is -2.69. The largest absolute Gasteiger partial charge is 0.476 e. The van der Waals surface area contributed by atoms with E-state index in [0.29, 0.717) is 17.0 Å². The van der Waals surface area contributed by atoms with Gasteiger partial charge in [0.2, 0.25) is 5.91 Å². The molecule has 0 atom stereocenters. The van der Waals surface area contributed by atoms with Gasteiger partial charge in [0.1, 0.15) is 5.75 Å². The molecule has 0 aliphatic carbocycles. The number of ether oxygens (including phenoxy) is 1. The maximum atomic E-state index is 12.3. The predicted molar refractivity (Wildman–Crippen MR) is 82.6 cm³/mol. The monoisotopic (exact) mass is 356 g/mol. The van der Waals surface area contributed by atoms with Crippen molar-refractivity contribution in [3.63, 3.8) is 0 Å². The molecule has 0 aliphatic heterocycles. The number of nitrogens with one attached hydrogen (secondary N) is 1. The zero-order chi connectivity index (χ0) is 17.5. The maximum Gasteiger partial charge on any atom is 0.387 e. The summed E-state index contributed by atoms with van der Waals surface area (Å²) in [5.74, 6) is -1.49. The van der Waals surface area contributed by atoms with Crippen LogP contribution in [-0.4, -0.2) is 35.1 Å². The maximum absolute atomic E-state index is 12.3. The number of nitrogens with zero attached hydrogens (tertiary/aromatic N) is 1. The van der Waals surface area contributed by atoms with Gasteiger partial charge in [-0.3, -0.25) is 4.79 Å². The third-order valence-electron chi connectivity index (χ3n) is 2.97. The zero-order valence-electron chi connectivity index (χ0n) is 12.4. The third kappa shape index (κ3) is 5.27. The van der Waals surface area contributed by atoms with E-state index in [9.17, 15) is 18.4 Å². The Hall–Kier alpha value is -2.55. The number of aromatic nitrogens is 1.